The van der Waals surface area contributed by atoms with Gasteiger partial charge in [0.2, 0.25) is 10.0 Å². The molecule has 110 valence electrons. The summed E-state index contributed by atoms with van der Waals surface area (Å²) in [6.45, 7) is 9.15. The smallest absolute Gasteiger partial charge is 0.324 e. The summed E-state index contributed by atoms with van der Waals surface area (Å²) in [6, 6.07) is -0.696. The fourth-order valence-electron chi connectivity index (χ4n) is 2.09. The lowest BCUT2D eigenvalue weighted by Gasteiger charge is -2.34. The summed E-state index contributed by atoms with van der Waals surface area (Å²) < 4.78 is 30.8. The van der Waals surface area contributed by atoms with Crippen molar-refractivity contribution in [2.24, 2.45) is 0 Å². The van der Waals surface area contributed by atoms with Gasteiger partial charge in [0, 0.05) is 6.54 Å². The molecule has 1 heterocycles. The van der Waals surface area contributed by atoms with Gasteiger partial charge in [0.1, 0.15) is 11.6 Å². The van der Waals surface area contributed by atoms with Crippen LogP contribution in [0.5, 0.6) is 0 Å². The van der Waals surface area contributed by atoms with Gasteiger partial charge in [0.25, 0.3) is 0 Å². The van der Waals surface area contributed by atoms with Crippen LogP contribution in [0.2, 0.25) is 0 Å². The number of sulfonamides is 1. The Kier molecular flexibility index (Phi) is 5.15. The van der Waals surface area contributed by atoms with Crippen LogP contribution >= 0.6 is 0 Å². The fourth-order valence-corrected chi connectivity index (χ4v) is 3.56. The second kappa shape index (κ2) is 6.05. The first kappa shape index (κ1) is 16.2. The molecule has 0 spiro atoms. The molecule has 19 heavy (non-hydrogen) atoms. The first-order valence-electron chi connectivity index (χ1n) is 6.50. The highest BCUT2D eigenvalue weighted by Gasteiger charge is 2.38. The molecule has 1 rings (SSSR count). The molecule has 6 heteroatoms. The van der Waals surface area contributed by atoms with Crippen LogP contribution in [0.25, 0.3) is 0 Å². The number of carbonyl (C=O) groups excluding carboxylic acids is 1. The van der Waals surface area contributed by atoms with Crippen molar-refractivity contribution in [2.45, 2.75) is 51.7 Å². The Bertz CT molecular complexity index is 436. The molecule has 1 aliphatic rings. The van der Waals surface area contributed by atoms with E-state index in [0.717, 1.165) is 12.8 Å². The Hall–Kier alpha value is -0.880. The summed E-state index contributed by atoms with van der Waals surface area (Å²) in [7, 11) is -3.47. The highest BCUT2D eigenvalue weighted by atomic mass is 32.2. The zero-order valence-electron chi connectivity index (χ0n) is 11.9. The normalized spacial score (nSPS) is 21.9. The van der Waals surface area contributed by atoms with E-state index in [2.05, 4.69) is 6.58 Å². The molecule has 1 fully saturated rings. The van der Waals surface area contributed by atoms with Crippen molar-refractivity contribution >= 4 is 16.0 Å². The first-order valence-corrected chi connectivity index (χ1v) is 8.11. The van der Waals surface area contributed by atoms with Gasteiger partial charge in [-0.1, -0.05) is 6.08 Å². The lowest BCUT2D eigenvalue weighted by Crippen LogP contribution is -2.50. The molecule has 0 radical (unpaired) electrons. The number of esters is 1. The lowest BCUT2D eigenvalue weighted by molar-refractivity contribution is -0.160. The monoisotopic (exact) mass is 289 g/mol. The third kappa shape index (κ3) is 4.62. The Morgan fingerprint density at radius 1 is 1.42 bits per heavy atom. The number of hydrogen-bond acceptors (Lipinski definition) is 4. The number of nitrogens with zero attached hydrogens (tertiary/aromatic N) is 1. The Labute approximate surface area is 115 Å². The van der Waals surface area contributed by atoms with E-state index in [1.807, 2.05) is 0 Å². The van der Waals surface area contributed by atoms with Crippen LogP contribution < -0.4 is 0 Å². The van der Waals surface area contributed by atoms with E-state index in [1.165, 1.54) is 10.4 Å². The van der Waals surface area contributed by atoms with Crippen LogP contribution in [0.4, 0.5) is 0 Å². The van der Waals surface area contributed by atoms with Crippen LogP contribution in [0, 0.1) is 0 Å². The molecule has 1 atom stereocenters. The molecule has 1 unspecified atom stereocenters. The SMILES string of the molecule is C=CCS(=O)(=O)N1CCCCC1C(=O)OC(C)(C)C. The summed E-state index contributed by atoms with van der Waals surface area (Å²) in [5, 5.41) is 0. The number of rotatable bonds is 4. The van der Waals surface area contributed by atoms with Crippen molar-refractivity contribution in [3.63, 3.8) is 0 Å². The van der Waals surface area contributed by atoms with Gasteiger partial charge in [-0.05, 0) is 40.0 Å². The van der Waals surface area contributed by atoms with Gasteiger partial charge in [0.05, 0.1) is 5.75 Å². The van der Waals surface area contributed by atoms with Gasteiger partial charge in [-0.2, -0.15) is 4.31 Å². The molecule has 0 aromatic carbocycles. The van der Waals surface area contributed by atoms with Crippen LogP contribution in [0.3, 0.4) is 0 Å². The summed E-state index contributed by atoms with van der Waals surface area (Å²) in [5.41, 5.74) is -0.609. The second-order valence-corrected chi connectivity index (χ2v) is 7.69. The van der Waals surface area contributed by atoms with Gasteiger partial charge in [-0.15, -0.1) is 6.58 Å². The van der Waals surface area contributed by atoms with E-state index in [-0.39, 0.29) is 5.75 Å². The topological polar surface area (TPSA) is 63.7 Å². The number of carbonyl (C=O) groups is 1. The summed E-state index contributed by atoms with van der Waals surface area (Å²) in [4.78, 5) is 12.1. The summed E-state index contributed by atoms with van der Waals surface area (Å²) >= 11 is 0. The largest absolute Gasteiger partial charge is 0.459 e. The van der Waals surface area contributed by atoms with E-state index in [0.29, 0.717) is 13.0 Å². The van der Waals surface area contributed by atoms with Crippen LogP contribution in [-0.4, -0.2) is 42.6 Å². The number of hydrogen-bond donors (Lipinski definition) is 0. The van der Waals surface area contributed by atoms with Crippen LogP contribution in [-0.2, 0) is 19.6 Å². The maximum atomic E-state index is 12.1. The van der Waals surface area contributed by atoms with E-state index in [4.69, 9.17) is 4.74 Å². The Morgan fingerprint density at radius 2 is 2.05 bits per heavy atom. The maximum absolute atomic E-state index is 12.1. The Balaban J connectivity index is 2.90. The van der Waals surface area contributed by atoms with Gasteiger partial charge < -0.3 is 4.74 Å². The maximum Gasteiger partial charge on any atom is 0.324 e. The minimum Gasteiger partial charge on any atom is -0.459 e. The Morgan fingerprint density at radius 3 is 2.58 bits per heavy atom. The molecule has 0 aromatic heterocycles. The first-order chi connectivity index (χ1) is 8.67. The van der Waals surface area contributed by atoms with Crippen molar-refractivity contribution in [2.75, 3.05) is 12.3 Å². The fraction of sp³-hybridized carbons (Fsp3) is 0.769. The molecule has 0 saturated carbocycles. The minimum absolute atomic E-state index is 0.147. The van der Waals surface area contributed by atoms with E-state index >= 15 is 0 Å². The van der Waals surface area contributed by atoms with Crippen molar-refractivity contribution in [1.29, 1.82) is 0 Å². The third-order valence-corrected chi connectivity index (χ3v) is 4.63. The molecule has 0 bridgehead atoms. The van der Waals surface area contributed by atoms with Gasteiger partial charge in [-0.25, -0.2) is 8.42 Å². The number of piperidine rings is 1. The molecule has 0 N–H and O–H groups in total. The average Bonchev–Trinajstić information content (AvgIpc) is 2.26. The number of ether oxygens (including phenoxy) is 1. The van der Waals surface area contributed by atoms with Crippen LogP contribution in [0.15, 0.2) is 12.7 Å². The molecule has 0 aliphatic carbocycles. The zero-order chi connectivity index (χ0) is 14.7. The summed E-state index contributed by atoms with van der Waals surface area (Å²) in [6.07, 6.45) is 3.47. The van der Waals surface area contributed by atoms with Crippen molar-refractivity contribution in [1.82, 2.24) is 4.31 Å². The average molecular weight is 289 g/mol. The predicted octanol–water partition coefficient (Wildman–Crippen LogP) is 1.70. The molecular weight excluding hydrogens is 266 g/mol. The molecule has 0 aromatic rings. The van der Waals surface area contributed by atoms with Crippen molar-refractivity contribution < 1.29 is 17.9 Å². The molecule has 0 amide bonds. The predicted molar refractivity (Wildman–Crippen MR) is 74.2 cm³/mol. The third-order valence-electron chi connectivity index (χ3n) is 2.82. The van der Waals surface area contributed by atoms with Gasteiger partial charge in [0.15, 0.2) is 0 Å². The molecule has 5 nitrogen and oxygen atoms in total. The summed E-state index contributed by atoms with van der Waals surface area (Å²) in [5.74, 6) is -0.605. The molecular formula is C13H23NO4S. The van der Waals surface area contributed by atoms with Crippen LogP contribution in [0.1, 0.15) is 40.0 Å². The van der Waals surface area contributed by atoms with Gasteiger partial charge in [-0.3, -0.25) is 4.79 Å². The highest BCUT2D eigenvalue weighted by molar-refractivity contribution is 7.89. The molecule has 1 aliphatic heterocycles. The second-order valence-electron chi connectivity index (χ2n) is 5.72. The van der Waals surface area contributed by atoms with E-state index in [1.54, 1.807) is 20.8 Å². The van der Waals surface area contributed by atoms with Crippen molar-refractivity contribution in [3.05, 3.63) is 12.7 Å². The zero-order valence-corrected chi connectivity index (χ0v) is 12.7. The van der Waals surface area contributed by atoms with Crippen molar-refractivity contribution in [3.8, 4) is 0 Å². The molecule has 1 saturated heterocycles. The van der Waals surface area contributed by atoms with E-state index < -0.39 is 27.6 Å². The van der Waals surface area contributed by atoms with E-state index in [9.17, 15) is 13.2 Å². The minimum atomic E-state index is -3.47. The highest BCUT2D eigenvalue weighted by Crippen LogP contribution is 2.23. The standard InChI is InChI=1S/C13H23NO4S/c1-5-10-19(16,17)14-9-7-6-8-11(14)12(15)18-13(2,3)4/h5,11H,1,6-10H2,2-4H3. The lowest BCUT2D eigenvalue weighted by atomic mass is 10.0. The van der Waals surface area contributed by atoms with Gasteiger partial charge >= 0.3 is 5.97 Å². The quantitative estimate of drug-likeness (QED) is 0.583.